The zero-order valence-corrected chi connectivity index (χ0v) is 14.1. The maximum Gasteiger partial charge on any atom is 0.339 e. The predicted molar refractivity (Wildman–Crippen MR) is 93.1 cm³/mol. The number of phenols is 1. The van der Waals surface area contributed by atoms with Gasteiger partial charge < -0.3 is 15.5 Å². The van der Waals surface area contributed by atoms with Gasteiger partial charge in [-0.15, -0.1) is 0 Å². The molecule has 0 heterocycles. The summed E-state index contributed by atoms with van der Waals surface area (Å²) in [6.45, 7) is 0. The molecule has 126 valence electrons. The molecule has 5 nitrogen and oxygen atoms in total. The highest BCUT2D eigenvalue weighted by molar-refractivity contribution is 6.35. The van der Waals surface area contributed by atoms with Gasteiger partial charge in [0.15, 0.2) is 0 Å². The number of hydrogen-bond acceptors (Lipinski definition) is 3. The van der Waals surface area contributed by atoms with Crippen molar-refractivity contribution in [1.82, 2.24) is 0 Å². The fourth-order valence-electron chi connectivity index (χ4n) is 2.17. The van der Waals surface area contributed by atoms with E-state index in [4.69, 9.17) is 28.3 Å². The van der Waals surface area contributed by atoms with Crippen molar-refractivity contribution in [3.63, 3.8) is 0 Å². The van der Waals surface area contributed by atoms with Crippen molar-refractivity contribution in [2.75, 3.05) is 5.32 Å². The number of rotatable bonds is 6. The summed E-state index contributed by atoms with van der Waals surface area (Å²) in [5, 5.41) is 22.1. The summed E-state index contributed by atoms with van der Waals surface area (Å²) < 4.78 is 0. The van der Waals surface area contributed by atoms with Gasteiger partial charge in [0, 0.05) is 22.2 Å². The number of carboxylic acids is 1. The SMILES string of the molecule is O=C(CCCc1ccc(Cl)cc1Cl)Nc1ccc(O)c(C(=O)O)c1. The number of aryl methyl sites for hydroxylation is 1. The van der Waals surface area contributed by atoms with Gasteiger partial charge in [-0.1, -0.05) is 29.3 Å². The van der Waals surface area contributed by atoms with Gasteiger partial charge in [0.25, 0.3) is 0 Å². The maximum absolute atomic E-state index is 11.9. The summed E-state index contributed by atoms with van der Waals surface area (Å²) in [6.07, 6.45) is 1.46. The van der Waals surface area contributed by atoms with Crippen molar-refractivity contribution >= 4 is 40.8 Å². The minimum absolute atomic E-state index is 0.248. The first-order valence-electron chi connectivity index (χ1n) is 7.17. The Kier molecular flexibility index (Phi) is 6.06. The van der Waals surface area contributed by atoms with E-state index < -0.39 is 5.97 Å². The van der Waals surface area contributed by atoms with E-state index in [2.05, 4.69) is 5.32 Å². The van der Waals surface area contributed by atoms with Gasteiger partial charge in [0.2, 0.25) is 5.91 Å². The molecule has 1 amide bonds. The first-order valence-corrected chi connectivity index (χ1v) is 7.92. The molecule has 0 aromatic heterocycles. The Balaban J connectivity index is 1.89. The van der Waals surface area contributed by atoms with Crippen molar-refractivity contribution in [2.45, 2.75) is 19.3 Å². The average molecular weight is 368 g/mol. The van der Waals surface area contributed by atoms with E-state index in [1.54, 1.807) is 12.1 Å². The number of benzene rings is 2. The first-order chi connectivity index (χ1) is 11.4. The molecule has 24 heavy (non-hydrogen) atoms. The molecule has 0 bridgehead atoms. The van der Waals surface area contributed by atoms with E-state index in [1.165, 1.54) is 18.2 Å². The number of halogens is 2. The van der Waals surface area contributed by atoms with Crippen LogP contribution in [0, 0.1) is 0 Å². The zero-order valence-electron chi connectivity index (χ0n) is 12.6. The van der Waals surface area contributed by atoms with Gasteiger partial charge in [-0.3, -0.25) is 4.79 Å². The first kappa shape index (κ1) is 18.1. The molecule has 0 aliphatic carbocycles. The lowest BCUT2D eigenvalue weighted by molar-refractivity contribution is -0.116. The molecule has 0 unspecified atom stereocenters. The number of amides is 1. The Morgan fingerprint density at radius 2 is 1.83 bits per heavy atom. The van der Waals surface area contributed by atoms with Crippen LogP contribution < -0.4 is 5.32 Å². The topological polar surface area (TPSA) is 86.6 Å². The standard InChI is InChI=1S/C17H15Cl2NO4/c18-11-5-4-10(14(19)8-11)2-1-3-16(22)20-12-6-7-15(21)13(9-12)17(23)24/h4-9,21H,1-3H2,(H,20,22)(H,23,24). The van der Waals surface area contributed by atoms with Crippen molar-refractivity contribution in [3.8, 4) is 5.75 Å². The molecule has 2 aromatic rings. The summed E-state index contributed by atoms with van der Waals surface area (Å²) >= 11 is 11.9. The molecule has 0 aliphatic rings. The molecule has 7 heteroatoms. The summed E-state index contributed by atoms with van der Waals surface area (Å²) in [4.78, 5) is 22.9. The summed E-state index contributed by atoms with van der Waals surface area (Å²) in [6, 6.07) is 9.10. The van der Waals surface area contributed by atoms with Crippen LogP contribution >= 0.6 is 23.2 Å². The third kappa shape index (κ3) is 4.88. The number of anilines is 1. The number of hydrogen-bond donors (Lipinski definition) is 3. The number of aromatic carboxylic acids is 1. The quantitative estimate of drug-likeness (QED) is 0.662. The van der Waals surface area contributed by atoms with Crippen molar-refractivity contribution < 1.29 is 19.8 Å². The Bertz CT molecular complexity index is 777. The van der Waals surface area contributed by atoms with Crippen molar-refractivity contribution in [3.05, 3.63) is 57.6 Å². The van der Waals surface area contributed by atoms with Crippen LogP contribution in [0.1, 0.15) is 28.8 Å². The molecule has 0 saturated heterocycles. The van der Waals surface area contributed by atoms with Crippen LogP contribution in [0.15, 0.2) is 36.4 Å². The lowest BCUT2D eigenvalue weighted by atomic mass is 10.1. The van der Waals surface area contributed by atoms with E-state index >= 15 is 0 Å². The molecule has 0 saturated carbocycles. The Labute approximate surface area is 148 Å². The fourth-order valence-corrected chi connectivity index (χ4v) is 2.68. The third-order valence-electron chi connectivity index (χ3n) is 3.38. The summed E-state index contributed by atoms with van der Waals surface area (Å²) in [7, 11) is 0. The second-order valence-corrected chi connectivity index (χ2v) is 6.02. The largest absolute Gasteiger partial charge is 0.507 e. The second-order valence-electron chi connectivity index (χ2n) is 5.17. The summed E-state index contributed by atoms with van der Waals surface area (Å²) in [5.41, 5.74) is 0.965. The molecule has 3 N–H and O–H groups in total. The molecule has 0 atom stereocenters. The smallest absolute Gasteiger partial charge is 0.339 e. The van der Waals surface area contributed by atoms with Crippen LogP contribution in [-0.4, -0.2) is 22.1 Å². The molecule has 0 spiro atoms. The van der Waals surface area contributed by atoms with Gasteiger partial charge >= 0.3 is 5.97 Å². The van der Waals surface area contributed by atoms with Crippen LogP contribution in [0.2, 0.25) is 10.0 Å². The third-order valence-corrected chi connectivity index (χ3v) is 3.96. The molecule has 2 aromatic carbocycles. The maximum atomic E-state index is 11.9. The molecular weight excluding hydrogens is 353 g/mol. The molecular formula is C17H15Cl2NO4. The van der Waals surface area contributed by atoms with Crippen molar-refractivity contribution in [2.24, 2.45) is 0 Å². The van der Waals surface area contributed by atoms with Crippen LogP contribution in [0.25, 0.3) is 0 Å². The lowest BCUT2D eigenvalue weighted by Gasteiger charge is -2.08. The number of aromatic hydroxyl groups is 1. The highest BCUT2D eigenvalue weighted by Gasteiger charge is 2.11. The summed E-state index contributed by atoms with van der Waals surface area (Å²) in [5.74, 6) is -1.86. The Morgan fingerprint density at radius 1 is 1.08 bits per heavy atom. The number of carboxylic acid groups (broad SMARTS) is 1. The molecule has 0 aliphatic heterocycles. The second kappa shape index (κ2) is 8.04. The van der Waals surface area contributed by atoms with E-state index in [1.807, 2.05) is 6.07 Å². The van der Waals surface area contributed by atoms with Gasteiger partial charge in [0.05, 0.1) is 0 Å². The number of carbonyl (C=O) groups is 2. The van der Waals surface area contributed by atoms with Gasteiger partial charge in [-0.25, -0.2) is 4.79 Å². The Morgan fingerprint density at radius 3 is 2.50 bits per heavy atom. The number of nitrogens with one attached hydrogen (secondary N) is 1. The van der Waals surface area contributed by atoms with E-state index in [-0.39, 0.29) is 23.6 Å². The fraction of sp³-hybridized carbons (Fsp3) is 0.176. The predicted octanol–water partition coefficient (Wildman–Crippen LogP) is 4.36. The van der Waals surface area contributed by atoms with Crippen molar-refractivity contribution in [1.29, 1.82) is 0 Å². The van der Waals surface area contributed by atoms with E-state index in [9.17, 15) is 14.7 Å². The highest BCUT2D eigenvalue weighted by atomic mass is 35.5. The van der Waals surface area contributed by atoms with Gasteiger partial charge in [-0.05, 0) is 48.7 Å². The van der Waals surface area contributed by atoms with Crippen LogP contribution in [0.3, 0.4) is 0 Å². The lowest BCUT2D eigenvalue weighted by Crippen LogP contribution is -2.12. The Hall–Kier alpha value is -2.24. The minimum atomic E-state index is -1.26. The monoisotopic (exact) mass is 367 g/mol. The van der Waals surface area contributed by atoms with Crippen LogP contribution in [-0.2, 0) is 11.2 Å². The van der Waals surface area contributed by atoms with E-state index in [0.29, 0.717) is 28.6 Å². The van der Waals surface area contributed by atoms with Gasteiger partial charge in [0.1, 0.15) is 11.3 Å². The number of carbonyl (C=O) groups excluding carboxylic acids is 1. The van der Waals surface area contributed by atoms with E-state index in [0.717, 1.165) is 5.56 Å². The molecule has 0 radical (unpaired) electrons. The molecule has 2 rings (SSSR count). The zero-order chi connectivity index (χ0) is 17.7. The van der Waals surface area contributed by atoms with Gasteiger partial charge in [-0.2, -0.15) is 0 Å². The molecule has 0 fully saturated rings. The van der Waals surface area contributed by atoms with Crippen LogP contribution in [0.4, 0.5) is 5.69 Å². The minimum Gasteiger partial charge on any atom is -0.507 e. The highest BCUT2D eigenvalue weighted by Crippen LogP contribution is 2.23. The average Bonchev–Trinajstić information content (AvgIpc) is 2.51. The van der Waals surface area contributed by atoms with Crippen LogP contribution in [0.5, 0.6) is 5.75 Å². The normalized spacial score (nSPS) is 10.4.